The highest BCUT2D eigenvalue weighted by molar-refractivity contribution is 7.91. The summed E-state index contributed by atoms with van der Waals surface area (Å²) in [5.41, 5.74) is 0.459. The molecule has 3 aromatic rings. The maximum atomic E-state index is 13.4. The number of esters is 1. The van der Waals surface area contributed by atoms with Crippen LogP contribution in [-0.2, 0) is 37.3 Å². The van der Waals surface area contributed by atoms with Gasteiger partial charge in [-0.15, -0.1) is 0 Å². The molecule has 31 heavy (non-hydrogen) atoms. The Morgan fingerprint density at radius 3 is 2.10 bits per heavy atom. The van der Waals surface area contributed by atoms with Gasteiger partial charge in [0.05, 0.1) is 33.1 Å². The standard InChI is InChI=1S/C21H23N3O6S/c1-4-23-16-12-15(22-19(25)20(26)30-6-3)18(13-17(16)24(5-2)21(23)27)31(28,29)14-10-8-7-9-11-14/h7-13H,4-6H2,1-3H3,(H,22,25). The zero-order valence-corrected chi connectivity index (χ0v) is 18.2. The van der Waals surface area contributed by atoms with Crippen LogP contribution >= 0.6 is 0 Å². The van der Waals surface area contributed by atoms with E-state index in [2.05, 4.69) is 5.32 Å². The van der Waals surface area contributed by atoms with Gasteiger partial charge in [-0.1, -0.05) is 18.2 Å². The largest absolute Gasteiger partial charge is 0.459 e. The Morgan fingerprint density at radius 1 is 0.968 bits per heavy atom. The van der Waals surface area contributed by atoms with E-state index in [1.807, 2.05) is 0 Å². The summed E-state index contributed by atoms with van der Waals surface area (Å²) in [4.78, 5) is 36.6. The molecule has 0 bridgehead atoms. The van der Waals surface area contributed by atoms with E-state index in [0.717, 1.165) is 0 Å². The normalized spacial score (nSPS) is 11.5. The molecule has 0 saturated carbocycles. The fourth-order valence-electron chi connectivity index (χ4n) is 3.37. The van der Waals surface area contributed by atoms with Crippen molar-refractivity contribution in [3.8, 4) is 0 Å². The molecule has 0 aliphatic carbocycles. The Kier molecular flexibility index (Phi) is 6.30. The predicted octanol–water partition coefficient (Wildman–Crippen LogP) is 2.18. The highest BCUT2D eigenvalue weighted by atomic mass is 32.2. The summed E-state index contributed by atoms with van der Waals surface area (Å²) < 4.78 is 34.4. The lowest BCUT2D eigenvalue weighted by molar-refractivity contribution is -0.152. The highest BCUT2D eigenvalue weighted by Gasteiger charge is 2.27. The molecule has 0 atom stereocenters. The van der Waals surface area contributed by atoms with Crippen LogP contribution in [0.3, 0.4) is 0 Å². The lowest BCUT2D eigenvalue weighted by Gasteiger charge is -2.13. The molecule has 3 rings (SSSR count). The third-order valence-corrected chi connectivity index (χ3v) is 6.61. The van der Waals surface area contributed by atoms with Gasteiger partial charge in [-0.2, -0.15) is 0 Å². The first-order valence-corrected chi connectivity index (χ1v) is 11.3. The van der Waals surface area contributed by atoms with Crippen LogP contribution in [0, 0.1) is 0 Å². The number of nitrogens with zero attached hydrogens (tertiary/aromatic N) is 2. The average Bonchev–Trinajstić information content (AvgIpc) is 3.03. The summed E-state index contributed by atoms with van der Waals surface area (Å²) in [6, 6.07) is 10.5. The summed E-state index contributed by atoms with van der Waals surface area (Å²) in [7, 11) is -4.07. The van der Waals surface area contributed by atoms with Crippen LogP contribution in [0.1, 0.15) is 20.8 Å². The minimum absolute atomic E-state index is 0.00478. The monoisotopic (exact) mass is 445 g/mol. The number of fused-ring (bicyclic) bond motifs is 1. The second-order valence-electron chi connectivity index (χ2n) is 6.60. The van der Waals surface area contributed by atoms with Crippen LogP contribution in [0.2, 0.25) is 0 Å². The summed E-state index contributed by atoms with van der Waals surface area (Å²) in [6.07, 6.45) is 0. The number of sulfone groups is 1. The zero-order valence-electron chi connectivity index (χ0n) is 17.4. The number of benzene rings is 2. The topological polar surface area (TPSA) is 116 Å². The van der Waals surface area contributed by atoms with Gasteiger partial charge in [0, 0.05) is 13.1 Å². The maximum absolute atomic E-state index is 13.4. The quantitative estimate of drug-likeness (QED) is 0.459. The van der Waals surface area contributed by atoms with Crippen LogP contribution in [0.25, 0.3) is 11.0 Å². The third kappa shape index (κ3) is 3.98. The molecule has 1 N–H and O–H groups in total. The van der Waals surface area contributed by atoms with Gasteiger partial charge in [0.25, 0.3) is 0 Å². The molecule has 0 radical (unpaired) electrons. The van der Waals surface area contributed by atoms with Crippen molar-refractivity contribution in [1.29, 1.82) is 0 Å². The van der Waals surface area contributed by atoms with Gasteiger partial charge in [0.15, 0.2) is 0 Å². The number of ether oxygens (including phenoxy) is 1. The SMILES string of the molecule is CCOC(=O)C(=O)Nc1cc2c(cc1S(=O)(=O)c1ccccc1)n(CC)c(=O)n2CC. The van der Waals surface area contributed by atoms with E-state index in [9.17, 15) is 22.8 Å². The van der Waals surface area contributed by atoms with Crippen LogP contribution in [-0.4, -0.2) is 36.0 Å². The van der Waals surface area contributed by atoms with Crippen molar-refractivity contribution in [2.45, 2.75) is 43.7 Å². The van der Waals surface area contributed by atoms with Gasteiger partial charge < -0.3 is 10.1 Å². The lowest BCUT2D eigenvalue weighted by atomic mass is 10.2. The predicted molar refractivity (Wildman–Crippen MR) is 115 cm³/mol. The number of amides is 1. The molecule has 0 spiro atoms. The van der Waals surface area contributed by atoms with Gasteiger partial charge in [0.2, 0.25) is 9.84 Å². The van der Waals surface area contributed by atoms with Crippen LogP contribution in [0.5, 0.6) is 0 Å². The van der Waals surface area contributed by atoms with Crippen molar-refractivity contribution in [2.75, 3.05) is 11.9 Å². The number of nitrogens with one attached hydrogen (secondary N) is 1. The molecule has 0 aliphatic heterocycles. The van der Waals surface area contributed by atoms with Crippen molar-refractivity contribution in [3.05, 3.63) is 52.9 Å². The zero-order chi connectivity index (χ0) is 22.8. The number of carbonyl (C=O) groups excluding carboxylic acids is 2. The Balaban J connectivity index is 2.31. The molecule has 0 saturated heterocycles. The van der Waals surface area contributed by atoms with E-state index in [1.165, 1.54) is 33.4 Å². The van der Waals surface area contributed by atoms with Gasteiger partial charge in [-0.05, 0) is 45.0 Å². The molecule has 10 heteroatoms. The minimum Gasteiger partial charge on any atom is -0.459 e. The molecule has 9 nitrogen and oxygen atoms in total. The van der Waals surface area contributed by atoms with Crippen molar-refractivity contribution >= 4 is 38.4 Å². The van der Waals surface area contributed by atoms with Gasteiger partial charge in [0.1, 0.15) is 0 Å². The Labute approximate surface area is 179 Å². The molecular weight excluding hydrogens is 422 g/mol. The fraction of sp³-hybridized carbons (Fsp3) is 0.286. The first kappa shape index (κ1) is 22.3. The van der Waals surface area contributed by atoms with E-state index < -0.39 is 21.7 Å². The van der Waals surface area contributed by atoms with Gasteiger partial charge >= 0.3 is 17.6 Å². The van der Waals surface area contributed by atoms with E-state index in [0.29, 0.717) is 24.1 Å². The number of hydrogen-bond donors (Lipinski definition) is 1. The number of aromatic nitrogens is 2. The molecule has 0 fully saturated rings. The summed E-state index contributed by atoms with van der Waals surface area (Å²) in [6.45, 7) is 5.79. The molecular formula is C21H23N3O6S. The molecule has 2 aromatic carbocycles. The second-order valence-corrected chi connectivity index (χ2v) is 8.52. The lowest BCUT2D eigenvalue weighted by Crippen LogP contribution is -2.26. The Bertz CT molecular complexity index is 1310. The third-order valence-electron chi connectivity index (χ3n) is 4.80. The fourth-order valence-corrected chi connectivity index (χ4v) is 4.81. The number of imidazole rings is 1. The van der Waals surface area contributed by atoms with Crippen LogP contribution in [0.4, 0.5) is 5.69 Å². The van der Waals surface area contributed by atoms with Gasteiger partial charge in [-0.25, -0.2) is 18.0 Å². The van der Waals surface area contributed by atoms with E-state index in [1.54, 1.807) is 39.0 Å². The van der Waals surface area contributed by atoms with E-state index in [4.69, 9.17) is 4.74 Å². The minimum atomic E-state index is -4.07. The number of anilines is 1. The number of rotatable bonds is 6. The summed E-state index contributed by atoms with van der Waals surface area (Å²) in [5, 5.41) is 2.34. The molecule has 0 unspecified atom stereocenters. The van der Waals surface area contributed by atoms with Crippen molar-refractivity contribution in [2.24, 2.45) is 0 Å². The number of carbonyl (C=O) groups is 2. The van der Waals surface area contributed by atoms with Crippen LogP contribution < -0.4 is 11.0 Å². The smallest absolute Gasteiger partial charge is 0.397 e. The molecule has 1 heterocycles. The second kappa shape index (κ2) is 8.76. The molecule has 1 aromatic heterocycles. The van der Waals surface area contributed by atoms with Crippen LogP contribution in [0.15, 0.2) is 57.1 Å². The first-order valence-electron chi connectivity index (χ1n) is 9.81. The van der Waals surface area contributed by atoms with E-state index >= 15 is 0 Å². The Morgan fingerprint density at radius 2 is 1.55 bits per heavy atom. The van der Waals surface area contributed by atoms with Gasteiger partial charge in [-0.3, -0.25) is 13.9 Å². The Hall–Kier alpha value is -3.40. The summed E-state index contributed by atoms with van der Waals surface area (Å²) >= 11 is 0. The maximum Gasteiger partial charge on any atom is 0.397 e. The summed E-state index contributed by atoms with van der Waals surface area (Å²) in [5.74, 6) is -2.24. The highest BCUT2D eigenvalue weighted by Crippen LogP contribution is 2.32. The van der Waals surface area contributed by atoms with Crippen molar-refractivity contribution < 1.29 is 22.7 Å². The number of aryl methyl sites for hydroxylation is 2. The molecule has 1 amide bonds. The van der Waals surface area contributed by atoms with E-state index in [-0.39, 0.29) is 27.8 Å². The van der Waals surface area contributed by atoms with Crippen molar-refractivity contribution in [1.82, 2.24) is 9.13 Å². The average molecular weight is 445 g/mol. The first-order chi connectivity index (χ1) is 14.8. The van der Waals surface area contributed by atoms with Crippen molar-refractivity contribution in [3.63, 3.8) is 0 Å². The number of hydrogen-bond acceptors (Lipinski definition) is 6. The molecule has 0 aliphatic rings. The molecule has 164 valence electrons.